The number of pyridine rings is 1. The summed E-state index contributed by atoms with van der Waals surface area (Å²) in [5.74, 6) is 0. The fourth-order valence-electron chi connectivity index (χ4n) is 1.93. The van der Waals surface area contributed by atoms with Gasteiger partial charge < -0.3 is 14.4 Å². The lowest BCUT2D eigenvalue weighted by Gasteiger charge is -2.32. The SMILES string of the molecule is Cc1cc(B2OC(C)(C)C(C)(C)O2)c(CO)cn1. The van der Waals surface area contributed by atoms with Crippen molar-refractivity contribution in [3.05, 3.63) is 23.5 Å². The molecule has 0 radical (unpaired) electrons. The number of aryl methyl sites for hydroxylation is 1. The Bertz CT molecular complexity index is 444. The highest BCUT2D eigenvalue weighted by molar-refractivity contribution is 6.62. The van der Waals surface area contributed by atoms with E-state index < -0.39 is 7.12 Å². The van der Waals surface area contributed by atoms with Crippen LogP contribution >= 0.6 is 0 Å². The molecule has 1 N–H and O–H groups in total. The van der Waals surface area contributed by atoms with E-state index in [1.165, 1.54) is 0 Å². The molecule has 0 aromatic carbocycles. The second-order valence-electron chi connectivity index (χ2n) is 5.77. The Morgan fingerprint density at radius 1 is 1.22 bits per heavy atom. The number of aliphatic hydroxyl groups is 1. The first-order chi connectivity index (χ1) is 8.27. The van der Waals surface area contributed by atoms with Crippen molar-refractivity contribution in [2.75, 3.05) is 0 Å². The fraction of sp³-hybridized carbons (Fsp3) is 0.615. The molecule has 98 valence electrons. The van der Waals surface area contributed by atoms with E-state index in [0.717, 1.165) is 16.7 Å². The summed E-state index contributed by atoms with van der Waals surface area (Å²) < 4.78 is 12.0. The lowest BCUT2D eigenvalue weighted by atomic mass is 9.76. The standard InChI is InChI=1S/C13H20BNO3/c1-9-6-11(10(8-16)7-15-9)14-17-12(2,3)13(4,5)18-14/h6-7,16H,8H2,1-5H3. The molecule has 0 atom stereocenters. The van der Waals surface area contributed by atoms with Crippen LogP contribution in [0.4, 0.5) is 0 Å². The van der Waals surface area contributed by atoms with Crippen LogP contribution in [0, 0.1) is 6.92 Å². The number of rotatable bonds is 2. The van der Waals surface area contributed by atoms with Crippen LogP contribution in [0.5, 0.6) is 0 Å². The van der Waals surface area contributed by atoms with E-state index in [1.807, 2.05) is 40.7 Å². The molecule has 1 fully saturated rings. The van der Waals surface area contributed by atoms with Gasteiger partial charge in [-0.1, -0.05) is 0 Å². The summed E-state index contributed by atoms with van der Waals surface area (Å²) in [4.78, 5) is 4.18. The zero-order valence-corrected chi connectivity index (χ0v) is 11.7. The number of aliphatic hydroxyl groups excluding tert-OH is 1. The highest BCUT2D eigenvalue weighted by Crippen LogP contribution is 2.36. The van der Waals surface area contributed by atoms with Gasteiger partial charge in [-0.15, -0.1) is 0 Å². The molecular formula is C13H20BNO3. The van der Waals surface area contributed by atoms with Crippen molar-refractivity contribution in [1.29, 1.82) is 0 Å². The van der Waals surface area contributed by atoms with Crippen LogP contribution in [0.1, 0.15) is 39.0 Å². The van der Waals surface area contributed by atoms with E-state index in [2.05, 4.69) is 4.98 Å². The Hall–Kier alpha value is -0.905. The Morgan fingerprint density at radius 2 is 1.78 bits per heavy atom. The van der Waals surface area contributed by atoms with E-state index in [9.17, 15) is 5.11 Å². The topological polar surface area (TPSA) is 51.6 Å². The summed E-state index contributed by atoms with van der Waals surface area (Å²) in [6, 6.07) is 1.91. The molecule has 2 heterocycles. The monoisotopic (exact) mass is 249 g/mol. The molecule has 1 aromatic rings. The molecule has 0 saturated carbocycles. The predicted octanol–water partition coefficient (Wildman–Crippen LogP) is 1.18. The lowest BCUT2D eigenvalue weighted by molar-refractivity contribution is 0.00578. The van der Waals surface area contributed by atoms with E-state index >= 15 is 0 Å². The van der Waals surface area contributed by atoms with Gasteiger partial charge in [0.25, 0.3) is 0 Å². The second-order valence-corrected chi connectivity index (χ2v) is 5.77. The van der Waals surface area contributed by atoms with Crippen LogP contribution in [-0.4, -0.2) is 28.4 Å². The van der Waals surface area contributed by atoms with Crippen molar-refractivity contribution in [3.8, 4) is 0 Å². The van der Waals surface area contributed by atoms with Crippen LogP contribution in [0.25, 0.3) is 0 Å². The van der Waals surface area contributed by atoms with Gasteiger partial charge in [0.2, 0.25) is 0 Å². The molecule has 0 spiro atoms. The number of hydrogen-bond donors (Lipinski definition) is 1. The normalized spacial score (nSPS) is 21.3. The number of aromatic nitrogens is 1. The smallest absolute Gasteiger partial charge is 0.399 e. The summed E-state index contributed by atoms with van der Waals surface area (Å²) in [5, 5.41) is 9.38. The van der Waals surface area contributed by atoms with Gasteiger partial charge in [0.05, 0.1) is 17.8 Å². The first kappa shape index (κ1) is 13.5. The van der Waals surface area contributed by atoms with Crippen molar-refractivity contribution in [3.63, 3.8) is 0 Å². The molecule has 0 bridgehead atoms. The highest BCUT2D eigenvalue weighted by Gasteiger charge is 2.52. The Kier molecular flexibility index (Phi) is 3.26. The van der Waals surface area contributed by atoms with Crippen molar-refractivity contribution in [2.24, 2.45) is 0 Å². The van der Waals surface area contributed by atoms with Gasteiger partial charge in [0, 0.05) is 11.9 Å². The summed E-state index contributed by atoms with van der Waals surface area (Å²) >= 11 is 0. The maximum atomic E-state index is 9.38. The first-order valence-corrected chi connectivity index (χ1v) is 6.19. The lowest BCUT2D eigenvalue weighted by Crippen LogP contribution is -2.41. The molecule has 1 aliphatic heterocycles. The fourth-order valence-corrected chi connectivity index (χ4v) is 1.93. The summed E-state index contributed by atoms with van der Waals surface area (Å²) in [6.45, 7) is 9.90. The minimum absolute atomic E-state index is 0.0628. The minimum Gasteiger partial charge on any atom is -0.399 e. The van der Waals surface area contributed by atoms with Crippen LogP contribution in [0.2, 0.25) is 0 Å². The summed E-state index contributed by atoms with van der Waals surface area (Å²) in [7, 11) is -0.446. The quantitative estimate of drug-likeness (QED) is 0.799. The third-order valence-electron chi connectivity index (χ3n) is 3.84. The molecular weight excluding hydrogens is 229 g/mol. The van der Waals surface area contributed by atoms with E-state index in [4.69, 9.17) is 9.31 Å². The highest BCUT2D eigenvalue weighted by atomic mass is 16.7. The molecule has 4 nitrogen and oxygen atoms in total. The molecule has 1 saturated heterocycles. The molecule has 18 heavy (non-hydrogen) atoms. The molecule has 5 heteroatoms. The molecule has 1 aromatic heterocycles. The first-order valence-electron chi connectivity index (χ1n) is 6.19. The summed E-state index contributed by atoms with van der Waals surface area (Å²) in [5.41, 5.74) is 1.75. The maximum Gasteiger partial charge on any atom is 0.495 e. The van der Waals surface area contributed by atoms with Gasteiger partial charge in [-0.3, -0.25) is 4.98 Å². The van der Waals surface area contributed by atoms with Gasteiger partial charge in [-0.2, -0.15) is 0 Å². The van der Waals surface area contributed by atoms with Crippen LogP contribution in [-0.2, 0) is 15.9 Å². The van der Waals surface area contributed by atoms with Crippen LogP contribution < -0.4 is 5.46 Å². The van der Waals surface area contributed by atoms with E-state index in [1.54, 1.807) is 6.20 Å². The Morgan fingerprint density at radius 3 is 2.28 bits per heavy atom. The van der Waals surface area contributed by atoms with E-state index in [-0.39, 0.29) is 17.8 Å². The van der Waals surface area contributed by atoms with Gasteiger partial charge in [0.1, 0.15) is 0 Å². The number of nitrogens with zero attached hydrogens (tertiary/aromatic N) is 1. The maximum absolute atomic E-state index is 9.38. The Balaban J connectivity index is 2.37. The van der Waals surface area contributed by atoms with E-state index in [0.29, 0.717) is 0 Å². The molecule has 0 aliphatic carbocycles. The zero-order chi connectivity index (χ0) is 13.6. The molecule has 2 rings (SSSR count). The van der Waals surface area contributed by atoms with Crippen LogP contribution in [0.3, 0.4) is 0 Å². The largest absolute Gasteiger partial charge is 0.495 e. The molecule has 1 aliphatic rings. The van der Waals surface area contributed by atoms with Crippen molar-refractivity contribution >= 4 is 12.6 Å². The average molecular weight is 249 g/mol. The predicted molar refractivity (Wildman–Crippen MR) is 70.6 cm³/mol. The van der Waals surface area contributed by atoms with Crippen LogP contribution in [0.15, 0.2) is 12.3 Å². The van der Waals surface area contributed by atoms with Crippen molar-refractivity contribution in [1.82, 2.24) is 4.98 Å². The molecule has 0 amide bonds. The van der Waals surface area contributed by atoms with Gasteiger partial charge >= 0.3 is 7.12 Å². The number of hydrogen-bond acceptors (Lipinski definition) is 4. The van der Waals surface area contributed by atoms with Gasteiger partial charge in [-0.25, -0.2) is 0 Å². The average Bonchev–Trinajstić information content (AvgIpc) is 2.48. The second kappa shape index (κ2) is 4.33. The minimum atomic E-state index is -0.446. The van der Waals surface area contributed by atoms with Gasteiger partial charge in [0.15, 0.2) is 0 Å². The van der Waals surface area contributed by atoms with Crippen molar-refractivity contribution < 1.29 is 14.4 Å². The Labute approximate surface area is 108 Å². The third kappa shape index (κ3) is 2.18. The summed E-state index contributed by atoms with van der Waals surface area (Å²) in [6.07, 6.45) is 1.68. The third-order valence-corrected chi connectivity index (χ3v) is 3.84. The zero-order valence-electron chi connectivity index (χ0n) is 11.7. The van der Waals surface area contributed by atoms with Gasteiger partial charge in [-0.05, 0) is 51.7 Å². The molecule has 0 unspecified atom stereocenters. The van der Waals surface area contributed by atoms with Crippen molar-refractivity contribution in [2.45, 2.75) is 52.4 Å².